The molecule has 0 spiro atoms. The molecule has 15 heavy (non-hydrogen) atoms. The summed E-state index contributed by atoms with van der Waals surface area (Å²) in [4.78, 5) is 12.2. The van der Waals surface area contributed by atoms with Gasteiger partial charge in [-0.3, -0.25) is 4.79 Å². The van der Waals surface area contributed by atoms with Gasteiger partial charge < -0.3 is 5.32 Å². The van der Waals surface area contributed by atoms with Crippen LogP contribution >= 0.6 is 0 Å². The molecule has 2 aliphatic carbocycles. The zero-order chi connectivity index (χ0) is 11.4. The van der Waals surface area contributed by atoms with E-state index in [0.29, 0.717) is 0 Å². The van der Waals surface area contributed by atoms with Crippen molar-refractivity contribution in [1.82, 2.24) is 5.32 Å². The monoisotopic (exact) mass is 205 g/mol. The SMILES string of the molecule is CC1=C(C)C2(C)C3(C)C(=O)NC1(C)C32C. The van der Waals surface area contributed by atoms with Crippen LogP contribution in [0.15, 0.2) is 11.1 Å². The van der Waals surface area contributed by atoms with Crippen LogP contribution in [-0.2, 0) is 4.79 Å². The lowest BCUT2D eigenvalue weighted by Gasteiger charge is -2.31. The van der Waals surface area contributed by atoms with E-state index in [1.54, 1.807) is 0 Å². The molecule has 2 fully saturated rings. The zero-order valence-corrected chi connectivity index (χ0v) is 10.4. The maximum Gasteiger partial charge on any atom is 0.228 e. The molecule has 1 saturated carbocycles. The van der Waals surface area contributed by atoms with Gasteiger partial charge in [-0.1, -0.05) is 19.4 Å². The Balaban J connectivity index is 2.38. The zero-order valence-electron chi connectivity index (χ0n) is 10.4. The first-order valence-electron chi connectivity index (χ1n) is 5.70. The van der Waals surface area contributed by atoms with E-state index in [9.17, 15) is 4.79 Å². The summed E-state index contributed by atoms with van der Waals surface area (Å²) in [6.45, 7) is 13.2. The summed E-state index contributed by atoms with van der Waals surface area (Å²) in [6.07, 6.45) is 0. The second-order valence-corrected chi connectivity index (χ2v) is 6.20. The first kappa shape index (κ1) is 9.44. The van der Waals surface area contributed by atoms with Crippen LogP contribution in [0.25, 0.3) is 0 Å². The van der Waals surface area contributed by atoms with E-state index in [1.165, 1.54) is 11.1 Å². The van der Waals surface area contributed by atoms with Crippen LogP contribution in [0.2, 0.25) is 0 Å². The van der Waals surface area contributed by atoms with Gasteiger partial charge in [0.15, 0.2) is 0 Å². The Morgan fingerprint density at radius 2 is 1.47 bits per heavy atom. The molecule has 3 aliphatic rings. The van der Waals surface area contributed by atoms with Crippen molar-refractivity contribution in [2.45, 2.75) is 47.1 Å². The van der Waals surface area contributed by atoms with E-state index >= 15 is 0 Å². The lowest BCUT2D eigenvalue weighted by atomic mass is 9.79. The third-order valence-corrected chi connectivity index (χ3v) is 6.82. The van der Waals surface area contributed by atoms with Crippen LogP contribution in [0.4, 0.5) is 0 Å². The predicted molar refractivity (Wildman–Crippen MR) is 59.2 cm³/mol. The summed E-state index contributed by atoms with van der Waals surface area (Å²) < 4.78 is 0. The second-order valence-electron chi connectivity index (χ2n) is 6.20. The van der Waals surface area contributed by atoms with Crippen molar-refractivity contribution < 1.29 is 4.79 Å². The average Bonchev–Trinajstić information content (AvgIpc) is 2.48. The summed E-state index contributed by atoms with van der Waals surface area (Å²) in [7, 11) is 0. The maximum absolute atomic E-state index is 12.2. The van der Waals surface area contributed by atoms with E-state index < -0.39 is 0 Å². The van der Waals surface area contributed by atoms with Gasteiger partial charge in [0.25, 0.3) is 0 Å². The summed E-state index contributed by atoms with van der Waals surface area (Å²) in [5.74, 6) is 0.242. The summed E-state index contributed by atoms with van der Waals surface area (Å²) >= 11 is 0. The number of amides is 1. The van der Waals surface area contributed by atoms with Gasteiger partial charge in [0, 0.05) is 10.8 Å². The van der Waals surface area contributed by atoms with Gasteiger partial charge in [0.1, 0.15) is 0 Å². The molecule has 2 nitrogen and oxygen atoms in total. The molecule has 1 heterocycles. The average molecular weight is 205 g/mol. The molecule has 0 radical (unpaired) electrons. The van der Waals surface area contributed by atoms with Gasteiger partial charge in [-0.15, -0.1) is 0 Å². The molecule has 0 bridgehead atoms. The van der Waals surface area contributed by atoms with Crippen LogP contribution in [0.3, 0.4) is 0 Å². The molecule has 82 valence electrons. The molecule has 3 rings (SSSR count). The van der Waals surface area contributed by atoms with Gasteiger partial charge in [-0.05, 0) is 33.3 Å². The van der Waals surface area contributed by atoms with Crippen LogP contribution in [0.5, 0.6) is 0 Å². The molecule has 2 heteroatoms. The molecule has 1 N–H and O–H groups in total. The van der Waals surface area contributed by atoms with Gasteiger partial charge in [-0.2, -0.15) is 0 Å². The first-order valence-corrected chi connectivity index (χ1v) is 5.70. The molecule has 0 aromatic heterocycles. The van der Waals surface area contributed by atoms with E-state index in [-0.39, 0.29) is 27.7 Å². The fourth-order valence-electron chi connectivity index (χ4n) is 5.02. The molecule has 1 aliphatic heterocycles. The number of nitrogens with one attached hydrogen (secondary N) is 1. The molecular weight excluding hydrogens is 186 g/mol. The number of allylic oxidation sites excluding steroid dienone is 1. The Hall–Kier alpha value is -0.790. The summed E-state index contributed by atoms with van der Waals surface area (Å²) in [5, 5.41) is 3.21. The largest absolute Gasteiger partial charge is 0.346 e. The highest BCUT2D eigenvalue weighted by Crippen LogP contribution is 2.91. The number of carbonyl (C=O) groups excluding carboxylic acids is 1. The molecular formula is C13H19NO. The minimum atomic E-state index is -0.182. The number of carbonyl (C=O) groups is 1. The number of hydrogen-bond donors (Lipinski definition) is 1. The smallest absolute Gasteiger partial charge is 0.228 e. The van der Waals surface area contributed by atoms with Crippen molar-refractivity contribution in [3.05, 3.63) is 11.1 Å². The number of piperidine rings is 1. The maximum atomic E-state index is 12.2. The molecule has 0 aromatic rings. The van der Waals surface area contributed by atoms with Gasteiger partial charge >= 0.3 is 0 Å². The number of fused-ring (bicyclic) bond motifs is 1. The van der Waals surface area contributed by atoms with Gasteiger partial charge in [0.05, 0.1) is 11.0 Å². The van der Waals surface area contributed by atoms with Crippen LogP contribution < -0.4 is 5.32 Å². The summed E-state index contributed by atoms with van der Waals surface area (Å²) in [6, 6.07) is 0. The predicted octanol–water partition coefficient (Wildman–Crippen LogP) is 2.26. The van der Waals surface area contributed by atoms with Crippen LogP contribution in [0.1, 0.15) is 41.5 Å². The van der Waals surface area contributed by atoms with Crippen molar-refractivity contribution in [2.75, 3.05) is 0 Å². The standard InChI is InChI=1S/C13H19NO/c1-7-8(2)12(5)13(6)10(7,3)11(13,4)9(15)14-12/h1-6H3,(H,14,15). The third kappa shape index (κ3) is 0.458. The van der Waals surface area contributed by atoms with E-state index in [4.69, 9.17) is 0 Å². The van der Waals surface area contributed by atoms with Crippen LogP contribution in [0, 0.1) is 16.2 Å². The van der Waals surface area contributed by atoms with E-state index in [2.05, 4.69) is 46.9 Å². The summed E-state index contributed by atoms with van der Waals surface area (Å²) in [5.41, 5.74) is 2.67. The Morgan fingerprint density at radius 1 is 0.933 bits per heavy atom. The van der Waals surface area contributed by atoms with E-state index in [0.717, 1.165) is 0 Å². The lowest BCUT2D eigenvalue weighted by molar-refractivity contribution is -0.125. The van der Waals surface area contributed by atoms with Crippen molar-refractivity contribution >= 4 is 5.91 Å². The van der Waals surface area contributed by atoms with Crippen molar-refractivity contribution in [3.8, 4) is 0 Å². The van der Waals surface area contributed by atoms with Gasteiger partial charge in [-0.25, -0.2) is 0 Å². The molecule has 0 aromatic carbocycles. The molecule has 1 saturated heterocycles. The highest BCUT2D eigenvalue weighted by Gasteiger charge is 2.95. The highest BCUT2D eigenvalue weighted by atomic mass is 16.2. The minimum Gasteiger partial charge on any atom is -0.346 e. The lowest BCUT2D eigenvalue weighted by Crippen LogP contribution is -2.47. The fraction of sp³-hybridized carbons (Fsp3) is 0.769. The Labute approximate surface area is 91.1 Å². The van der Waals surface area contributed by atoms with Crippen molar-refractivity contribution in [1.29, 1.82) is 0 Å². The molecule has 4 unspecified atom stereocenters. The fourth-order valence-corrected chi connectivity index (χ4v) is 5.02. The Kier molecular flexibility index (Phi) is 1.12. The normalized spacial score (nSPS) is 60.8. The number of hydrogen-bond acceptors (Lipinski definition) is 1. The Morgan fingerprint density at radius 3 is 1.87 bits per heavy atom. The van der Waals surface area contributed by atoms with E-state index in [1.807, 2.05) is 0 Å². The van der Waals surface area contributed by atoms with Crippen molar-refractivity contribution in [3.63, 3.8) is 0 Å². The minimum absolute atomic E-state index is 0.0816. The Bertz CT molecular complexity index is 445. The molecule has 1 amide bonds. The first-order chi connectivity index (χ1) is 6.69. The molecule has 4 atom stereocenters. The topological polar surface area (TPSA) is 29.1 Å². The number of rotatable bonds is 0. The van der Waals surface area contributed by atoms with Gasteiger partial charge in [0.2, 0.25) is 5.91 Å². The van der Waals surface area contributed by atoms with Crippen molar-refractivity contribution in [2.24, 2.45) is 16.2 Å². The third-order valence-electron chi connectivity index (χ3n) is 6.82. The highest BCUT2D eigenvalue weighted by molar-refractivity contribution is 5.97. The quantitative estimate of drug-likeness (QED) is 0.604. The second kappa shape index (κ2) is 1.79. The van der Waals surface area contributed by atoms with Crippen LogP contribution in [-0.4, -0.2) is 11.4 Å².